The fourth-order valence-electron chi connectivity index (χ4n) is 2.43. The van der Waals surface area contributed by atoms with E-state index in [0.29, 0.717) is 19.6 Å². The topological polar surface area (TPSA) is 75.4 Å². The van der Waals surface area contributed by atoms with E-state index in [1.807, 2.05) is 0 Å². The van der Waals surface area contributed by atoms with E-state index in [-0.39, 0.29) is 16.9 Å². The number of sulfonamides is 1. The van der Waals surface area contributed by atoms with Crippen molar-refractivity contribution in [3.8, 4) is 0 Å². The Bertz CT molecular complexity index is 536. The highest BCUT2D eigenvalue weighted by atomic mass is 32.2. The molecule has 1 fully saturated rings. The fraction of sp³-hybridized carbons (Fsp3) is 0.750. The second kappa shape index (κ2) is 5.22. The first-order valence-corrected chi connectivity index (χ1v) is 7.93. The summed E-state index contributed by atoms with van der Waals surface area (Å²) in [6.07, 6.45) is 4.76. The molecule has 0 unspecified atom stereocenters. The Balaban J connectivity index is 2.21. The van der Waals surface area contributed by atoms with Crippen molar-refractivity contribution in [2.75, 3.05) is 19.7 Å². The Morgan fingerprint density at radius 2 is 2.21 bits per heavy atom. The van der Waals surface area contributed by atoms with Gasteiger partial charge in [-0.1, -0.05) is 13.8 Å². The lowest BCUT2D eigenvalue weighted by Gasteiger charge is -2.36. The van der Waals surface area contributed by atoms with Crippen molar-refractivity contribution in [1.82, 2.24) is 14.1 Å². The Labute approximate surface area is 114 Å². The van der Waals surface area contributed by atoms with Gasteiger partial charge in [-0.2, -0.15) is 9.40 Å². The molecule has 0 saturated carbocycles. The first-order valence-electron chi connectivity index (χ1n) is 6.49. The molecule has 108 valence electrons. The molecule has 1 aromatic rings. The minimum Gasteiger partial charge on any atom is -0.394 e. The van der Waals surface area contributed by atoms with Crippen LogP contribution in [0.3, 0.4) is 0 Å². The van der Waals surface area contributed by atoms with E-state index < -0.39 is 10.0 Å². The van der Waals surface area contributed by atoms with Crippen molar-refractivity contribution in [2.45, 2.75) is 38.1 Å². The summed E-state index contributed by atoms with van der Waals surface area (Å²) in [5.74, 6) is 0. The molecular formula is C12H21N3O3S. The van der Waals surface area contributed by atoms with Crippen LogP contribution in [0.15, 0.2) is 17.3 Å². The Kier molecular flexibility index (Phi) is 3.98. The first kappa shape index (κ1) is 14.5. The van der Waals surface area contributed by atoms with E-state index in [4.69, 9.17) is 5.11 Å². The van der Waals surface area contributed by atoms with E-state index in [1.54, 1.807) is 0 Å². The van der Waals surface area contributed by atoms with Crippen LogP contribution in [0.25, 0.3) is 0 Å². The molecule has 1 aliphatic heterocycles. The summed E-state index contributed by atoms with van der Waals surface area (Å²) in [5.41, 5.74) is 0.0203. The number of aromatic nitrogens is 2. The molecule has 0 bridgehead atoms. The summed E-state index contributed by atoms with van der Waals surface area (Å²) < 4.78 is 28.0. The highest BCUT2D eigenvalue weighted by molar-refractivity contribution is 7.89. The average molecular weight is 287 g/mol. The van der Waals surface area contributed by atoms with Crippen molar-refractivity contribution >= 4 is 10.0 Å². The van der Waals surface area contributed by atoms with Gasteiger partial charge in [0.2, 0.25) is 10.0 Å². The summed E-state index contributed by atoms with van der Waals surface area (Å²) in [7, 11) is -3.46. The molecule has 1 aliphatic rings. The summed E-state index contributed by atoms with van der Waals surface area (Å²) >= 11 is 0. The van der Waals surface area contributed by atoms with Gasteiger partial charge in [0.25, 0.3) is 0 Å². The molecule has 7 heteroatoms. The average Bonchev–Trinajstić information content (AvgIpc) is 2.77. The van der Waals surface area contributed by atoms with Crippen LogP contribution in [0, 0.1) is 5.41 Å². The molecule has 19 heavy (non-hydrogen) atoms. The largest absolute Gasteiger partial charge is 0.394 e. The third kappa shape index (κ3) is 3.16. The van der Waals surface area contributed by atoms with Crippen LogP contribution in [0.1, 0.15) is 26.7 Å². The SMILES string of the molecule is CC1(C)CCCN(S(=O)(=O)c2cnn(CCO)c2)C1. The van der Waals surface area contributed by atoms with Crippen molar-refractivity contribution in [2.24, 2.45) is 5.41 Å². The maximum atomic E-state index is 12.5. The second-order valence-electron chi connectivity index (χ2n) is 5.77. The molecule has 1 saturated heterocycles. The molecule has 0 aliphatic carbocycles. The standard InChI is InChI=1S/C12H21N3O3S/c1-12(2)4-3-5-15(10-12)19(17,18)11-8-13-14(9-11)6-7-16/h8-9,16H,3-7,10H2,1-2H3. The minimum absolute atomic E-state index is 0.0203. The lowest BCUT2D eigenvalue weighted by atomic mass is 9.85. The van der Waals surface area contributed by atoms with Crippen LogP contribution in [0.4, 0.5) is 0 Å². The zero-order valence-corrected chi connectivity index (χ0v) is 12.2. The van der Waals surface area contributed by atoms with Crippen LogP contribution in [0.2, 0.25) is 0 Å². The van der Waals surface area contributed by atoms with Gasteiger partial charge >= 0.3 is 0 Å². The van der Waals surface area contributed by atoms with Crippen LogP contribution in [0.5, 0.6) is 0 Å². The zero-order valence-electron chi connectivity index (χ0n) is 11.4. The predicted octanol–water partition coefficient (Wildman–Crippen LogP) is 0.686. The summed E-state index contributed by atoms with van der Waals surface area (Å²) in [5, 5.41) is 12.8. The van der Waals surface area contributed by atoms with E-state index in [0.717, 1.165) is 12.8 Å². The number of piperidine rings is 1. The van der Waals surface area contributed by atoms with Crippen LogP contribution in [-0.4, -0.2) is 47.3 Å². The summed E-state index contributed by atoms with van der Waals surface area (Å²) in [6.45, 7) is 5.53. The number of aliphatic hydroxyl groups is 1. The van der Waals surface area contributed by atoms with Crippen molar-refractivity contribution in [3.05, 3.63) is 12.4 Å². The van der Waals surface area contributed by atoms with Crippen LogP contribution in [-0.2, 0) is 16.6 Å². The van der Waals surface area contributed by atoms with Crippen molar-refractivity contribution in [1.29, 1.82) is 0 Å². The van der Waals surface area contributed by atoms with E-state index in [9.17, 15) is 8.42 Å². The molecule has 0 aromatic carbocycles. The molecular weight excluding hydrogens is 266 g/mol. The highest BCUT2D eigenvalue weighted by Gasteiger charge is 2.34. The molecule has 2 rings (SSSR count). The Hall–Kier alpha value is -0.920. The van der Waals surface area contributed by atoms with Gasteiger partial charge in [0.1, 0.15) is 4.90 Å². The number of nitrogens with zero attached hydrogens (tertiary/aromatic N) is 3. The molecule has 6 nitrogen and oxygen atoms in total. The number of hydrogen-bond acceptors (Lipinski definition) is 4. The minimum atomic E-state index is -3.46. The van der Waals surface area contributed by atoms with Gasteiger partial charge < -0.3 is 5.11 Å². The van der Waals surface area contributed by atoms with E-state index >= 15 is 0 Å². The molecule has 0 atom stereocenters. The molecule has 0 spiro atoms. The maximum absolute atomic E-state index is 12.5. The van der Waals surface area contributed by atoms with Gasteiger partial charge in [-0.05, 0) is 18.3 Å². The van der Waals surface area contributed by atoms with Gasteiger partial charge in [-0.3, -0.25) is 4.68 Å². The first-order chi connectivity index (χ1) is 8.85. The maximum Gasteiger partial charge on any atom is 0.246 e. The second-order valence-corrected chi connectivity index (χ2v) is 7.71. The molecule has 0 radical (unpaired) electrons. The summed E-state index contributed by atoms with van der Waals surface area (Å²) in [6, 6.07) is 0. The highest BCUT2D eigenvalue weighted by Crippen LogP contribution is 2.31. The quantitative estimate of drug-likeness (QED) is 0.884. The van der Waals surface area contributed by atoms with Gasteiger partial charge in [0.15, 0.2) is 0 Å². The van der Waals surface area contributed by atoms with E-state index in [2.05, 4.69) is 18.9 Å². The Morgan fingerprint density at radius 3 is 2.84 bits per heavy atom. The van der Waals surface area contributed by atoms with Gasteiger partial charge in [-0.25, -0.2) is 8.42 Å². The third-order valence-electron chi connectivity index (χ3n) is 3.44. The third-order valence-corrected chi connectivity index (χ3v) is 5.24. The predicted molar refractivity (Wildman–Crippen MR) is 71.1 cm³/mol. The summed E-state index contributed by atoms with van der Waals surface area (Å²) in [4.78, 5) is 0.207. The molecule has 1 aromatic heterocycles. The monoisotopic (exact) mass is 287 g/mol. The smallest absolute Gasteiger partial charge is 0.246 e. The van der Waals surface area contributed by atoms with E-state index in [1.165, 1.54) is 21.4 Å². The zero-order chi connectivity index (χ0) is 14.1. The lowest BCUT2D eigenvalue weighted by molar-refractivity contribution is 0.187. The number of aliphatic hydroxyl groups excluding tert-OH is 1. The van der Waals surface area contributed by atoms with Crippen molar-refractivity contribution in [3.63, 3.8) is 0 Å². The van der Waals surface area contributed by atoms with Gasteiger partial charge in [0.05, 0.1) is 19.3 Å². The Morgan fingerprint density at radius 1 is 1.47 bits per heavy atom. The number of rotatable bonds is 4. The number of hydrogen-bond donors (Lipinski definition) is 1. The van der Waals surface area contributed by atoms with Crippen molar-refractivity contribution < 1.29 is 13.5 Å². The molecule has 1 N–H and O–H groups in total. The van der Waals surface area contributed by atoms with Gasteiger partial charge in [0, 0.05) is 19.3 Å². The van der Waals surface area contributed by atoms with Gasteiger partial charge in [-0.15, -0.1) is 0 Å². The normalized spacial score (nSPS) is 20.6. The van der Waals surface area contributed by atoms with Crippen LogP contribution >= 0.6 is 0 Å². The van der Waals surface area contributed by atoms with Crippen LogP contribution < -0.4 is 0 Å². The molecule has 2 heterocycles. The fourth-order valence-corrected chi connectivity index (χ4v) is 4.05. The molecule has 0 amide bonds. The lowest BCUT2D eigenvalue weighted by Crippen LogP contribution is -2.43.